The van der Waals surface area contributed by atoms with E-state index in [4.69, 9.17) is 33.2 Å². The summed E-state index contributed by atoms with van der Waals surface area (Å²) in [5, 5.41) is 50.8. The number of cyclic esters (lactones) is 1. The van der Waals surface area contributed by atoms with Crippen molar-refractivity contribution in [2.24, 2.45) is 23.7 Å². The Balaban J connectivity index is 1.53. The Labute approximate surface area is 407 Å². The van der Waals surface area contributed by atoms with Crippen molar-refractivity contribution >= 4 is 23.6 Å². The molecule has 0 radical (unpaired) electrons. The molecular weight excluding hydrogens is 895 g/mol. The molecule has 6 N–H and O–H groups in total. The Morgan fingerprint density at radius 3 is 2.23 bits per heavy atom. The molecule has 3 saturated heterocycles. The van der Waals surface area contributed by atoms with Crippen LogP contribution in [0.4, 0.5) is 0 Å². The lowest BCUT2D eigenvalue weighted by Crippen LogP contribution is -2.61. The van der Waals surface area contributed by atoms with Crippen LogP contribution >= 0.6 is 0 Å². The molecule has 18 heteroatoms. The molecule has 0 unspecified atom stereocenters. The lowest BCUT2D eigenvalue weighted by molar-refractivity contribution is -0.318. The first-order valence-electron chi connectivity index (χ1n) is 24.2. The van der Waals surface area contributed by atoms with Crippen LogP contribution in [-0.4, -0.2) is 166 Å². The Morgan fingerprint density at radius 2 is 1.61 bits per heavy atom. The van der Waals surface area contributed by atoms with Crippen LogP contribution in [0, 0.1) is 23.7 Å². The molecule has 388 valence electrons. The van der Waals surface area contributed by atoms with Crippen LogP contribution in [0.5, 0.6) is 0 Å². The van der Waals surface area contributed by atoms with Crippen LogP contribution in [0.2, 0.25) is 0 Å². The Morgan fingerprint density at radius 1 is 0.913 bits per heavy atom. The highest BCUT2D eigenvalue weighted by molar-refractivity contribution is 5.83. The minimum atomic E-state index is -2.23. The number of amides is 1. The summed E-state index contributed by atoms with van der Waals surface area (Å²) in [6.45, 7) is 15.5. The van der Waals surface area contributed by atoms with Gasteiger partial charge in [0.2, 0.25) is 5.91 Å². The molecule has 5 rings (SSSR count). The number of ketones is 1. The van der Waals surface area contributed by atoms with E-state index in [9.17, 15) is 39.6 Å². The van der Waals surface area contributed by atoms with Crippen molar-refractivity contribution in [3.63, 3.8) is 0 Å². The molecule has 18 atom stereocenters. The van der Waals surface area contributed by atoms with Gasteiger partial charge in [-0.2, -0.15) is 0 Å². The number of likely N-dealkylation sites (N-methyl/N-ethyl adjacent to an activating group) is 1. The average Bonchev–Trinajstić information content (AvgIpc) is 3.83. The standard InChI is InChI=1S/C51H79N3O15/c1-27-24-49(8,61)46(69-48-43(66-33(7)55)37(54(11)12)21-28(2)64-48)30(4)42(68-40-25-50(9,63-13)45(59)32(6)65-40)31(5)47(60)67-38(51(10,62)44(58)29(3)41(27)57)18-20-53-39(56)23-34-15-14-16-35(22-34)36-17-19-52-26-36/h14-17,19,22,26-32,37-38,40,42-46,48,52,58-59,61-62H,18,20-21,23-25H2,1-13H3,(H,53,56)/t27-,28-,29+,30+,31-,32+,37+,38-,40+,42+,43-,44-,45+,46-,48+,49-,50-,51-/m1/s1. The smallest absolute Gasteiger partial charge is 0.311 e. The molecule has 69 heavy (non-hydrogen) atoms. The number of rotatable bonds is 13. The molecule has 3 aliphatic heterocycles. The molecule has 2 aromatic rings. The SMILES string of the molecule is CO[C@]1(C)C[C@H](O[C@H]2[C@H](C)[C@@H](O[C@@H]3O[C@H](C)C[C@H](N(C)C)[C@H]3OC(C)=O)[C@](C)(O)C[C@@H](C)C(=O)[C@H](C)[C@@H](O)[C@](C)(O)[C@@H](CCNC(=O)Cc3cccc(-c4cc[nH]c4)c3)OC(=O)[C@@H]2C)O[C@@H](C)[C@@H]1O. The van der Waals surface area contributed by atoms with E-state index in [0.717, 1.165) is 16.7 Å². The number of Topliss-reactive ketones (excluding diaryl/α,β-unsaturated/α-hetero) is 1. The predicted octanol–water partition coefficient (Wildman–Crippen LogP) is 3.69. The molecule has 3 fully saturated rings. The maximum absolute atomic E-state index is 14.8. The third-order valence-electron chi connectivity index (χ3n) is 14.7. The molecule has 4 heterocycles. The van der Waals surface area contributed by atoms with Gasteiger partial charge in [-0.3, -0.25) is 19.2 Å². The lowest BCUT2D eigenvalue weighted by Gasteiger charge is -2.49. The summed E-state index contributed by atoms with van der Waals surface area (Å²) < 4.78 is 44.0. The van der Waals surface area contributed by atoms with E-state index < -0.39 is 114 Å². The number of hydrogen-bond acceptors (Lipinski definition) is 16. The highest BCUT2D eigenvalue weighted by Gasteiger charge is 2.54. The van der Waals surface area contributed by atoms with E-state index in [1.165, 1.54) is 34.8 Å². The third-order valence-corrected chi connectivity index (χ3v) is 14.7. The van der Waals surface area contributed by atoms with Gasteiger partial charge in [0.15, 0.2) is 18.7 Å². The first-order valence-corrected chi connectivity index (χ1v) is 24.2. The number of nitrogens with one attached hydrogen (secondary N) is 2. The molecule has 18 nitrogen and oxygen atoms in total. The van der Waals surface area contributed by atoms with Crippen molar-refractivity contribution in [2.75, 3.05) is 27.7 Å². The van der Waals surface area contributed by atoms with Crippen molar-refractivity contribution in [3.8, 4) is 11.1 Å². The second kappa shape index (κ2) is 23.2. The third kappa shape index (κ3) is 13.4. The Bertz CT molecular complexity index is 2030. The number of aromatic amines is 1. The molecule has 0 bridgehead atoms. The predicted molar refractivity (Wildman–Crippen MR) is 253 cm³/mol. The topological polar surface area (TPSA) is 245 Å². The summed E-state index contributed by atoms with van der Waals surface area (Å²) in [6.07, 6.45) is -7.47. The summed E-state index contributed by atoms with van der Waals surface area (Å²) in [4.78, 5) is 60.0. The van der Waals surface area contributed by atoms with Gasteiger partial charge in [-0.05, 0) is 91.2 Å². The van der Waals surface area contributed by atoms with E-state index in [0.29, 0.717) is 6.42 Å². The second-order valence-electron chi connectivity index (χ2n) is 20.8. The lowest BCUT2D eigenvalue weighted by atomic mass is 9.74. The van der Waals surface area contributed by atoms with Crippen LogP contribution in [-0.2, 0) is 58.8 Å². The van der Waals surface area contributed by atoms with Gasteiger partial charge in [-0.1, -0.05) is 45.0 Å². The fourth-order valence-corrected chi connectivity index (χ4v) is 10.5. The molecule has 0 saturated carbocycles. The summed E-state index contributed by atoms with van der Waals surface area (Å²) in [6, 6.07) is 9.11. The number of methoxy groups -OCH3 is 1. The molecule has 1 aromatic carbocycles. The fourth-order valence-electron chi connectivity index (χ4n) is 10.5. The zero-order valence-corrected chi connectivity index (χ0v) is 42.7. The van der Waals surface area contributed by atoms with Crippen molar-refractivity contribution < 1.29 is 72.8 Å². The van der Waals surface area contributed by atoms with Gasteiger partial charge in [0.05, 0.1) is 60.1 Å². The van der Waals surface area contributed by atoms with Crippen molar-refractivity contribution in [3.05, 3.63) is 48.3 Å². The summed E-state index contributed by atoms with van der Waals surface area (Å²) in [7, 11) is 5.15. The largest absolute Gasteiger partial charge is 0.459 e. The maximum Gasteiger partial charge on any atom is 0.311 e. The van der Waals surface area contributed by atoms with Gasteiger partial charge < -0.3 is 68.8 Å². The van der Waals surface area contributed by atoms with Gasteiger partial charge >= 0.3 is 11.9 Å². The van der Waals surface area contributed by atoms with Crippen LogP contribution in [0.25, 0.3) is 11.1 Å². The highest BCUT2D eigenvalue weighted by atomic mass is 16.7. The number of aromatic nitrogens is 1. The van der Waals surface area contributed by atoms with Crippen LogP contribution in [0.15, 0.2) is 42.7 Å². The van der Waals surface area contributed by atoms with Gasteiger partial charge in [0.25, 0.3) is 0 Å². The number of carbonyl (C=O) groups is 4. The number of nitrogens with zero attached hydrogens (tertiary/aromatic N) is 1. The van der Waals surface area contributed by atoms with Crippen LogP contribution < -0.4 is 5.32 Å². The van der Waals surface area contributed by atoms with Crippen LogP contribution in [0.1, 0.15) is 100 Å². The van der Waals surface area contributed by atoms with Gasteiger partial charge in [0.1, 0.15) is 23.6 Å². The Hall–Kier alpha value is -3.82. The van der Waals surface area contributed by atoms with Crippen molar-refractivity contribution in [2.45, 2.75) is 186 Å². The van der Waals surface area contributed by atoms with Gasteiger partial charge in [-0.15, -0.1) is 0 Å². The fraction of sp³-hybridized carbons (Fsp3) is 0.725. The van der Waals surface area contributed by atoms with Gasteiger partial charge in [-0.25, -0.2) is 0 Å². The highest BCUT2D eigenvalue weighted by Crippen LogP contribution is 2.41. The molecule has 0 spiro atoms. The molecule has 0 aliphatic carbocycles. The first kappa shape index (κ1) is 56.1. The second-order valence-corrected chi connectivity index (χ2v) is 20.8. The van der Waals surface area contributed by atoms with E-state index in [2.05, 4.69) is 10.3 Å². The molecule has 3 aliphatic rings. The molecule has 1 amide bonds. The molecular formula is C51H79N3O15. The van der Waals surface area contributed by atoms with E-state index in [-0.39, 0.29) is 50.3 Å². The monoisotopic (exact) mass is 974 g/mol. The number of H-pyrrole nitrogens is 1. The normalized spacial score (nSPS) is 39.6. The van der Waals surface area contributed by atoms with E-state index in [1.807, 2.05) is 68.6 Å². The Kier molecular flexibility index (Phi) is 18.8. The first-order chi connectivity index (χ1) is 32.2. The summed E-state index contributed by atoms with van der Waals surface area (Å²) >= 11 is 0. The number of aliphatic hydroxyl groups is 4. The van der Waals surface area contributed by atoms with Crippen molar-refractivity contribution in [1.29, 1.82) is 0 Å². The molecule has 1 aromatic heterocycles. The number of hydrogen-bond donors (Lipinski definition) is 6. The van der Waals surface area contributed by atoms with Crippen LogP contribution in [0.3, 0.4) is 0 Å². The minimum Gasteiger partial charge on any atom is -0.459 e. The zero-order chi connectivity index (χ0) is 51.3. The summed E-state index contributed by atoms with van der Waals surface area (Å²) in [5.74, 6) is -6.65. The summed E-state index contributed by atoms with van der Waals surface area (Å²) in [5.41, 5.74) is -2.62. The van der Waals surface area contributed by atoms with E-state index in [1.54, 1.807) is 34.6 Å². The zero-order valence-electron chi connectivity index (χ0n) is 42.7. The quantitative estimate of drug-likeness (QED) is 0.157. The maximum atomic E-state index is 14.8. The number of esters is 2. The van der Waals surface area contributed by atoms with Gasteiger partial charge in [0, 0.05) is 63.6 Å². The minimum absolute atomic E-state index is 0.0211. The number of benzene rings is 1. The van der Waals surface area contributed by atoms with E-state index >= 15 is 0 Å². The average molecular weight is 974 g/mol. The number of carbonyl (C=O) groups excluding carboxylic acids is 4. The number of ether oxygens (including phenoxy) is 7. The van der Waals surface area contributed by atoms with Crippen molar-refractivity contribution in [1.82, 2.24) is 15.2 Å². The number of aliphatic hydroxyl groups excluding tert-OH is 2.